The van der Waals surface area contributed by atoms with Crippen LogP contribution in [0.25, 0.3) is 0 Å². The molecule has 10 heteroatoms. The topological polar surface area (TPSA) is 93.0 Å². The third-order valence-electron chi connectivity index (χ3n) is 4.91. The van der Waals surface area contributed by atoms with Gasteiger partial charge < -0.3 is 14.5 Å². The third kappa shape index (κ3) is 6.85. The first-order valence-corrected chi connectivity index (χ1v) is 11.8. The van der Waals surface area contributed by atoms with Crippen molar-refractivity contribution in [3.8, 4) is 0 Å². The maximum Gasteiger partial charge on any atom is 0.316 e. The van der Waals surface area contributed by atoms with Gasteiger partial charge in [0, 0.05) is 48.5 Å². The molecule has 1 aliphatic heterocycles. The number of hydrogen-bond donors (Lipinski definition) is 0. The average molecular weight is 492 g/mol. The predicted octanol–water partition coefficient (Wildman–Crippen LogP) is 4.64. The zero-order valence-corrected chi connectivity index (χ0v) is 20.3. The van der Waals surface area contributed by atoms with E-state index in [9.17, 15) is 19.7 Å². The van der Waals surface area contributed by atoms with E-state index in [1.54, 1.807) is 31.7 Å². The highest BCUT2D eigenvalue weighted by Crippen LogP contribution is 2.31. The van der Waals surface area contributed by atoms with Crippen molar-refractivity contribution in [3.63, 3.8) is 0 Å². The van der Waals surface area contributed by atoms with E-state index in [1.807, 2.05) is 24.3 Å². The number of thioether (sulfide) groups is 1. The zero-order chi connectivity index (χ0) is 24.2. The molecule has 1 saturated heterocycles. The summed E-state index contributed by atoms with van der Waals surface area (Å²) in [5, 5.41) is 12.3. The molecular weight excluding hydrogens is 466 g/mol. The summed E-state index contributed by atoms with van der Waals surface area (Å²) in [4.78, 5) is 40.2. The molecule has 1 aliphatic rings. The Kier molecular flexibility index (Phi) is 7.86. The summed E-state index contributed by atoms with van der Waals surface area (Å²) in [5.41, 5.74) is 0.416. The predicted molar refractivity (Wildman–Crippen MR) is 129 cm³/mol. The molecule has 0 unspecified atom stereocenters. The van der Waals surface area contributed by atoms with Crippen LogP contribution in [0.15, 0.2) is 47.4 Å². The smallest absolute Gasteiger partial charge is 0.316 e. The number of nitro groups is 1. The van der Waals surface area contributed by atoms with Crippen LogP contribution in [0.2, 0.25) is 5.02 Å². The molecule has 0 aromatic heterocycles. The van der Waals surface area contributed by atoms with Crippen molar-refractivity contribution < 1.29 is 19.2 Å². The van der Waals surface area contributed by atoms with Gasteiger partial charge in [0.25, 0.3) is 11.6 Å². The van der Waals surface area contributed by atoms with Gasteiger partial charge in [-0.3, -0.25) is 19.7 Å². The fourth-order valence-electron chi connectivity index (χ4n) is 3.45. The van der Waals surface area contributed by atoms with E-state index in [2.05, 4.69) is 4.90 Å². The number of nitro benzene ring substituents is 1. The molecule has 0 saturated carbocycles. The number of carbonyl (C=O) groups excluding carboxylic acids is 2. The van der Waals surface area contributed by atoms with E-state index >= 15 is 0 Å². The normalized spacial score (nSPS) is 14.2. The van der Waals surface area contributed by atoms with Crippen LogP contribution in [0.1, 0.15) is 31.1 Å². The van der Waals surface area contributed by atoms with Gasteiger partial charge in [0.2, 0.25) is 0 Å². The molecule has 33 heavy (non-hydrogen) atoms. The molecule has 1 amide bonds. The molecule has 0 bridgehead atoms. The number of hydrogen-bond acceptors (Lipinski definition) is 7. The number of nitrogens with zero attached hydrogens (tertiary/aromatic N) is 3. The molecule has 0 atom stereocenters. The molecule has 2 aromatic rings. The van der Waals surface area contributed by atoms with Gasteiger partial charge in [0.15, 0.2) is 0 Å². The van der Waals surface area contributed by atoms with Crippen molar-refractivity contribution in [2.75, 3.05) is 36.8 Å². The Morgan fingerprint density at radius 3 is 2.42 bits per heavy atom. The minimum atomic E-state index is -0.628. The summed E-state index contributed by atoms with van der Waals surface area (Å²) in [5.74, 6) is -0.774. The number of halogens is 1. The Balaban J connectivity index is 1.65. The van der Waals surface area contributed by atoms with Crippen LogP contribution in [0.3, 0.4) is 0 Å². The summed E-state index contributed by atoms with van der Waals surface area (Å²) in [6, 6.07) is 11.9. The summed E-state index contributed by atoms with van der Waals surface area (Å²) >= 11 is 7.09. The number of rotatable bonds is 6. The number of anilines is 1. The van der Waals surface area contributed by atoms with Crippen LogP contribution < -0.4 is 4.90 Å². The molecule has 1 heterocycles. The van der Waals surface area contributed by atoms with Gasteiger partial charge in [0.05, 0.1) is 15.6 Å². The van der Waals surface area contributed by atoms with Crippen LogP contribution in [0.5, 0.6) is 0 Å². The Hall–Kier alpha value is -2.78. The fourth-order valence-corrected chi connectivity index (χ4v) is 4.41. The standard InChI is InChI=1S/C23H26ClN3O5S/c1-23(2,3)32-21(28)15-33-20-8-7-16(13-19(20)27(30)31)22(29)26-11-9-25(10-12-26)18-6-4-5-17(24)14-18/h4-8,13-14H,9-12,15H2,1-3H3. The monoisotopic (exact) mass is 491 g/mol. The third-order valence-corrected chi connectivity index (χ3v) is 6.18. The molecule has 8 nitrogen and oxygen atoms in total. The van der Waals surface area contributed by atoms with Crippen molar-refractivity contribution in [3.05, 3.63) is 63.2 Å². The second-order valence-corrected chi connectivity index (χ2v) is 10.0. The Morgan fingerprint density at radius 2 is 1.82 bits per heavy atom. The molecule has 0 spiro atoms. The van der Waals surface area contributed by atoms with Gasteiger partial charge in [-0.15, -0.1) is 11.8 Å². The molecule has 3 rings (SSSR count). The van der Waals surface area contributed by atoms with Crippen molar-refractivity contribution in [2.45, 2.75) is 31.3 Å². The molecule has 0 radical (unpaired) electrons. The van der Waals surface area contributed by atoms with Gasteiger partial charge >= 0.3 is 5.97 Å². The number of esters is 1. The lowest BCUT2D eigenvalue weighted by Gasteiger charge is -2.36. The van der Waals surface area contributed by atoms with Gasteiger partial charge in [-0.2, -0.15) is 0 Å². The van der Waals surface area contributed by atoms with Crippen LogP contribution in [0, 0.1) is 10.1 Å². The number of piperazine rings is 1. The molecule has 1 fully saturated rings. The number of benzene rings is 2. The lowest BCUT2D eigenvalue weighted by atomic mass is 10.1. The van der Waals surface area contributed by atoms with E-state index in [-0.39, 0.29) is 22.9 Å². The zero-order valence-electron chi connectivity index (χ0n) is 18.7. The summed E-state index contributed by atoms with van der Waals surface area (Å²) in [6.07, 6.45) is 0. The van der Waals surface area contributed by atoms with Gasteiger partial charge in [0.1, 0.15) is 5.60 Å². The fraction of sp³-hybridized carbons (Fsp3) is 0.391. The van der Waals surface area contributed by atoms with Crippen LogP contribution in [0.4, 0.5) is 11.4 Å². The van der Waals surface area contributed by atoms with Crippen molar-refractivity contribution >= 4 is 46.6 Å². The van der Waals surface area contributed by atoms with Crippen molar-refractivity contribution in [2.24, 2.45) is 0 Å². The minimum absolute atomic E-state index is 0.0587. The highest BCUT2D eigenvalue weighted by atomic mass is 35.5. The largest absolute Gasteiger partial charge is 0.459 e. The van der Waals surface area contributed by atoms with Crippen LogP contribution in [-0.2, 0) is 9.53 Å². The minimum Gasteiger partial charge on any atom is -0.459 e. The Morgan fingerprint density at radius 1 is 1.12 bits per heavy atom. The SMILES string of the molecule is CC(C)(C)OC(=O)CSc1ccc(C(=O)N2CCN(c3cccc(Cl)c3)CC2)cc1[N+](=O)[O-]. The summed E-state index contributed by atoms with van der Waals surface area (Å²) in [7, 11) is 0. The molecule has 0 aliphatic carbocycles. The van der Waals surface area contributed by atoms with E-state index in [4.69, 9.17) is 16.3 Å². The van der Waals surface area contributed by atoms with E-state index in [0.29, 0.717) is 36.1 Å². The van der Waals surface area contributed by atoms with E-state index in [0.717, 1.165) is 17.4 Å². The first-order valence-electron chi connectivity index (χ1n) is 10.5. The lowest BCUT2D eigenvalue weighted by Crippen LogP contribution is -2.48. The maximum absolute atomic E-state index is 13.0. The quantitative estimate of drug-likeness (QED) is 0.251. The van der Waals surface area contributed by atoms with Crippen molar-refractivity contribution in [1.82, 2.24) is 4.90 Å². The van der Waals surface area contributed by atoms with E-state index < -0.39 is 16.5 Å². The molecule has 0 N–H and O–H groups in total. The highest BCUT2D eigenvalue weighted by molar-refractivity contribution is 8.00. The lowest BCUT2D eigenvalue weighted by molar-refractivity contribution is -0.387. The summed E-state index contributed by atoms with van der Waals surface area (Å²) < 4.78 is 5.25. The second kappa shape index (κ2) is 10.4. The Labute approximate surface area is 202 Å². The number of amides is 1. The number of carbonyl (C=O) groups is 2. The van der Waals surface area contributed by atoms with Gasteiger partial charge in [-0.1, -0.05) is 17.7 Å². The van der Waals surface area contributed by atoms with Gasteiger partial charge in [-0.05, 0) is 51.1 Å². The van der Waals surface area contributed by atoms with Crippen molar-refractivity contribution in [1.29, 1.82) is 0 Å². The van der Waals surface area contributed by atoms with Crippen LogP contribution in [-0.4, -0.2) is 59.2 Å². The Bertz CT molecular complexity index is 1050. The molecular formula is C23H26ClN3O5S. The first-order chi connectivity index (χ1) is 15.5. The number of ether oxygens (including phenoxy) is 1. The van der Waals surface area contributed by atoms with Gasteiger partial charge in [-0.25, -0.2) is 0 Å². The first kappa shape index (κ1) is 24.9. The maximum atomic E-state index is 13.0. The van der Waals surface area contributed by atoms with E-state index in [1.165, 1.54) is 12.1 Å². The molecule has 176 valence electrons. The average Bonchev–Trinajstić information content (AvgIpc) is 2.76. The summed E-state index contributed by atoms with van der Waals surface area (Å²) in [6.45, 7) is 7.53. The highest BCUT2D eigenvalue weighted by Gasteiger charge is 2.26. The second-order valence-electron chi connectivity index (χ2n) is 8.57. The molecule has 2 aromatic carbocycles. The van der Waals surface area contributed by atoms with Crippen LogP contribution >= 0.6 is 23.4 Å².